The summed E-state index contributed by atoms with van der Waals surface area (Å²) in [7, 11) is 0. The van der Waals surface area contributed by atoms with Crippen molar-refractivity contribution >= 4 is 28.9 Å². The first-order chi connectivity index (χ1) is 13.6. The lowest BCUT2D eigenvalue weighted by molar-refractivity contribution is 0.262. The van der Waals surface area contributed by atoms with Crippen LogP contribution in [0.3, 0.4) is 0 Å². The number of nitrogens with zero attached hydrogens (tertiary/aromatic N) is 2. The number of carbonyl (C=O) groups is 1. The number of nitrogens with one attached hydrogen (secondary N) is 3. The van der Waals surface area contributed by atoms with Crippen LogP contribution in [-0.4, -0.2) is 22.6 Å². The Hall–Kier alpha value is -3.61. The van der Waals surface area contributed by atoms with Crippen molar-refractivity contribution in [1.82, 2.24) is 9.97 Å². The Kier molecular flexibility index (Phi) is 6.41. The van der Waals surface area contributed by atoms with Crippen molar-refractivity contribution in [2.45, 2.75) is 20.3 Å². The third-order valence-electron chi connectivity index (χ3n) is 3.72. The number of ether oxygens (including phenoxy) is 1. The zero-order valence-corrected chi connectivity index (χ0v) is 15.9. The first-order valence-corrected chi connectivity index (χ1v) is 9.11. The molecule has 1 aromatic heterocycles. The van der Waals surface area contributed by atoms with Crippen molar-refractivity contribution < 1.29 is 9.53 Å². The molecule has 1 heterocycles. The van der Waals surface area contributed by atoms with E-state index in [0.29, 0.717) is 29.8 Å². The van der Waals surface area contributed by atoms with Gasteiger partial charge in [0.1, 0.15) is 11.6 Å². The summed E-state index contributed by atoms with van der Waals surface area (Å²) in [6.07, 6.45) is 0.915. The van der Waals surface area contributed by atoms with Gasteiger partial charge in [0.25, 0.3) is 0 Å². The Labute approximate surface area is 164 Å². The van der Waals surface area contributed by atoms with Crippen LogP contribution in [0.25, 0.3) is 0 Å². The summed E-state index contributed by atoms with van der Waals surface area (Å²) >= 11 is 0. The summed E-state index contributed by atoms with van der Waals surface area (Å²) < 4.78 is 5.58. The molecule has 0 aliphatic carbocycles. The molecule has 2 aromatic carbocycles. The highest BCUT2D eigenvalue weighted by atomic mass is 16.5. The molecule has 3 aromatic rings. The van der Waals surface area contributed by atoms with Gasteiger partial charge in [-0.15, -0.1) is 0 Å². The summed E-state index contributed by atoms with van der Waals surface area (Å²) in [5, 5.41) is 8.80. The monoisotopic (exact) mass is 377 g/mol. The van der Waals surface area contributed by atoms with Crippen molar-refractivity contribution in [2.75, 3.05) is 22.6 Å². The summed E-state index contributed by atoms with van der Waals surface area (Å²) in [6.45, 7) is 4.48. The van der Waals surface area contributed by atoms with Gasteiger partial charge in [0.2, 0.25) is 5.88 Å². The van der Waals surface area contributed by atoms with Crippen molar-refractivity contribution in [3.8, 4) is 5.88 Å². The third kappa shape index (κ3) is 5.70. The number of urea groups is 1. The molecule has 0 radical (unpaired) electrons. The van der Waals surface area contributed by atoms with Crippen molar-refractivity contribution in [2.24, 2.45) is 0 Å². The van der Waals surface area contributed by atoms with Crippen LogP contribution in [0.4, 0.5) is 27.7 Å². The summed E-state index contributed by atoms with van der Waals surface area (Å²) in [4.78, 5) is 20.7. The summed E-state index contributed by atoms with van der Waals surface area (Å²) in [5.41, 5.74) is 2.26. The number of hydrogen-bond acceptors (Lipinski definition) is 5. The van der Waals surface area contributed by atoms with E-state index in [2.05, 4.69) is 25.9 Å². The molecule has 0 unspecified atom stereocenters. The fraction of sp³-hybridized carbons (Fsp3) is 0.190. The van der Waals surface area contributed by atoms with Crippen LogP contribution in [0.15, 0.2) is 60.7 Å². The zero-order valence-electron chi connectivity index (χ0n) is 15.9. The van der Waals surface area contributed by atoms with E-state index in [-0.39, 0.29) is 6.03 Å². The van der Waals surface area contributed by atoms with Crippen LogP contribution in [-0.2, 0) is 0 Å². The average Bonchev–Trinajstić information content (AvgIpc) is 2.68. The Bertz CT molecular complexity index is 914. The number of benzene rings is 2. The molecule has 7 nitrogen and oxygen atoms in total. The van der Waals surface area contributed by atoms with Gasteiger partial charge in [-0.3, -0.25) is 0 Å². The van der Waals surface area contributed by atoms with E-state index in [9.17, 15) is 4.79 Å². The summed E-state index contributed by atoms with van der Waals surface area (Å²) in [5.74, 6) is 1.83. The van der Waals surface area contributed by atoms with E-state index in [1.165, 1.54) is 0 Å². The van der Waals surface area contributed by atoms with Crippen LogP contribution >= 0.6 is 0 Å². The number of hydrogen-bond donors (Lipinski definition) is 3. The van der Waals surface area contributed by atoms with Gasteiger partial charge < -0.3 is 20.7 Å². The molecular formula is C21H23N5O2. The molecule has 3 rings (SSSR count). The Morgan fingerprint density at radius 1 is 0.929 bits per heavy atom. The maximum Gasteiger partial charge on any atom is 0.323 e. The normalized spacial score (nSPS) is 10.2. The minimum absolute atomic E-state index is 0.295. The molecule has 28 heavy (non-hydrogen) atoms. The molecule has 0 aliphatic heterocycles. The predicted octanol–water partition coefficient (Wildman–Crippen LogP) is 4.96. The van der Waals surface area contributed by atoms with Gasteiger partial charge in [-0.25, -0.2) is 9.78 Å². The quantitative estimate of drug-likeness (QED) is 0.541. The van der Waals surface area contributed by atoms with Crippen LogP contribution in [0.1, 0.15) is 19.2 Å². The second-order valence-electron chi connectivity index (χ2n) is 6.13. The van der Waals surface area contributed by atoms with E-state index >= 15 is 0 Å². The standard InChI is InChI=1S/C21H23N5O2/c1-3-13-28-20-14-19(22-15(2)23-20)24-17-9-11-18(12-10-17)26-21(27)25-16-7-5-4-6-8-16/h4-12,14H,3,13H2,1-2H3,(H,22,23,24)(H2,25,26,27). The Morgan fingerprint density at radius 2 is 1.57 bits per heavy atom. The fourth-order valence-corrected chi connectivity index (χ4v) is 2.48. The van der Waals surface area contributed by atoms with Gasteiger partial charge in [0.05, 0.1) is 6.61 Å². The number of carbonyl (C=O) groups excluding carboxylic acids is 1. The first kappa shape index (κ1) is 19.2. The van der Waals surface area contributed by atoms with Gasteiger partial charge in [-0.05, 0) is 49.7 Å². The van der Waals surface area contributed by atoms with Gasteiger partial charge in [-0.1, -0.05) is 25.1 Å². The zero-order chi connectivity index (χ0) is 19.8. The maximum atomic E-state index is 12.1. The first-order valence-electron chi connectivity index (χ1n) is 9.11. The smallest absolute Gasteiger partial charge is 0.323 e. The molecule has 3 N–H and O–H groups in total. The predicted molar refractivity (Wildman–Crippen MR) is 111 cm³/mol. The van der Waals surface area contributed by atoms with Gasteiger partial charge in [0, 0.05) is 23.1 Å². The number of aromatic nitrogens is 2. The molecule has 144 valence electrons. The third-order valence-corrected chi connectivity index (χ3v) is 3.72. The van der Waals surface area contributed by atoms with E-state index < -0.39 is 0 Å². The lowest BCUT2D eigenvalue weighted by atomic mass is 10.2. The van der Waals surface area contributed by atoms with E-state index in [4.69, 9.17) is 4.74 Å². The van der Waals surface area contributed by atoms with Crippen LogP contribution < -0.4 is 20.7 Å². The van der Waals surface area contributed by atoms with Crippen molar-refractivity contribution in [3.63, 3.8) is 0 Å². The van der Waals surface area contributed by atoms with Gasteiger partial charge in [0.15, 0.2) is 0 Å². The van der Waals surface area contributed by atoms with Crippen LogP contribution in [0.5, 0.6) is 5.88 Å². The molecule has 0 atom stereocenters. The number of rotatable bonds is 7. The molecule has 0 saturated heterocycles. The highest BCUT2D eigenvalue weighted by Crippen LogP contribution is 2.20. The molecule has 0 fully saturated rings. The highest BCUT2D eigenvalue weighted by Gasteiger charge is 2.05. The number of para-hydroxylation sites is 1. The van der Waals surface area contributed by atoms with E-state index in [0.717, 1.165) is 17.8 Å². The van der Waals surface area contributed by atoms with E-state index in [1.54, 1.807) is 6.07 Å². The minimum Gasteiger partial charge on any atom is -0.478 e. The lowest BCUT2D eigenvalue weighted by Gasteiger charge is -2.11. The van der Waals surface area contributed by atoms with Crippen LogP contribution in [0.2, 0.25) is 0 Å². The van der Waals surface area contributed by atoms with E-state index in [1.807, 2.05) is 68.4 Å². The molecule has 0 spiro atoms. The Morgan fingerprint density at radius 3 is 2.25 bits per heavy atom. The minimum atomic E-state index is -0.295. The fourth-order valence-electron chi connectivity index (χ4n) is 2.48. The molecule has 0 aliphatic rings. The molecule has 7 heteroatoms. The Balaban J connectivity index is 1.60. The molecule has 2 amide bonds. The maximum absolute atomic E-state index is 12.1. The van der Waals surface area contributed by atoms with Crippen molar-refractivity contribution in [3.05, 3.63) is 66.5 Å². The van der Waals surface area contributed by atoms with Gasteiger partial charge in [-0.2, -0.15) is 4.98 Å². The number of anilines is 4. The number of aryl methyl sites for hydroxylation is 1. The molecule has 0 saturated carbocycles. The number of amides is 2. The van der Waals surface area contributed by atoms with Gasteiger partial charge >= 0.3 is 6.03 Å². The van der Waals surface area contributed by atoms with Crippen molar-refractivity contribution in [1.29, 1.82) is 0 Å². The highest BCUT2D eigenvalue weighted by molar-refractivity contribution is 5.99. The lowest BCUT2D eigenvalue weighted by Crippen LogP contribution is -2.19. The largest absolute Gasteiger partial charge is 0.478 e. The van der Waals surface area contributed by atoms with Crippen LogP contribution in [0, 0.1) is 6.92 Å². The molecular weight excluding hydrogens is 354 g/mol. The molecule has 0 bridgehead atoms. The average molecular weight is 377 g/mol. The topological polar surface area (TPSA) is 88.2 Å². The second kappa shape index (κ2) is 9.36. The SMILES string of the molecule is CCCOc1cc(Nc2ccc(NC(=O)Nc3ccccc3)cc2)nc(C)n1. The second-order valence-corrected chi connectivity index (χ2v) is 6.13. The summed E-state index contributed by atoms with van der Waals surface area (Å²) in [6, 6.07) is 18.1.